The number of hydrogen-bond acceptors (Lipinski definition) is 3. The Morgan fingerprint density at radius 1 is 0.708 bits per heavy atom. The van der Waals surface area contributed by atoms with Gasteiger partial charge in [0, 0.05) is 10.1 Å². The smallest absolute Gasteiger partial charge is 0.179 e. The maximum absolute atomic E-state index is 12.8. The summed E-state index contributed by atoms with van der Waals surface area (Å²) in [6.07, 6.45) is 0. The number of benzene rings is 3. The van der Waals surface area contributed by atoms with E-state index in [1.807, 2.05) is 66.7 Å². The average Bonchev–Trinajstić information content (AvgIpc) is 2.63. The summed E-state index contributed by atoms with van der Waals surface area (Å²) in [5, 5.41) is -0.154. The molecule has 3 aromatic carbocycles. The Morgan fingerprint density at radius 3 is 1.79 bits per heavy atom. The maximum atomic E-state index is 12.8. The largest absolute Gasteiger partial charge is 0.224 e. The van der Waals surface area contributed by atoms with Gasteiger partial charge in [0.2, 0.25) is 0 Å². The lowest BCUT2D eigenvalue weighted by atomic mass is 10.2. The molecule has 122 valence electrons. The van der Waals surface area contributed by atoms with E-state index in [9.17, 15) is 8.42 Å². The quantitative estimate of drug-likeness (QED) is 0.585. The van der Waals surface area contributed by atoms with Crippen LogP contribution in [0.2, 0.25) is 0 Å². The molecule has 3 aromatic rings. The second kappa shape index (κ2) is 7.69. The van der Waals surface area contributed by atoms with E-state index in [-0.39, 0.29) is 11.0 Å². The van der Waals surface area contributed by atoms with Crippen LogP contribution in [0.15, 0.2) is 101 Å². The van der Waals surface area contributed by atoms with Crippen molar-refractivity contribution in [1.82, 2.24) is 0 Å². The van der Waals surface area contributed by atoms with Crippen LogP contribution in [0.3, 0.4) is 0 Å². The minimum Gasteiger partial charge on any atom is -0.224 e. The predicted octanol–water partition coefficient (Wildman–Crippen LogP) is 4.99. The lowest BCUT2D eigenvalue weighted by Gasteiger charge is -2.17. The maximum Gasteiger partial charge on any atom is 0.179 e. The van der Waals surface area contributed by atoms with E-state index < -0.39 is 9.84 Å². The van der Waals surface area contributed by atoms with Crippen molar-refractivity contribution in [3.05, 3.63) is 96.6 Å². The summed E-state index contributed by atoms with van der Waals surface area (Å²) in [5.74, 6) is 0.0700. The SMILES string of the molecule is O=S(=O)(C[C@@H](Sc1ccccc1)c1ccccc1)c1ccccc1. The van der Waals surface area contributed by atoms with E-state index in [0.717, 1.165) is 10.5 Å². The Bertz CT molecular complexity index is 861. The molecule has 0 radical (unpaired) electrons. The van der Waals surface area contributed by atoms with Gasteiger partial charge < -0.3 is 0 Å². The standard InChI is InChI=1S/C20H18O2S2/c21-24(22,19-14-8-3-9-15-19)16-20(17-10-4-1-5-11-17)23-18-12-6-2-7-13-18/h1-15,20H,16H2/t20-/m1/s1. The summed E-state index contributed by atoms with van der Waals surface area (Å²) in [5.41, 5.74) is 1.02. The molecule has 0 aliphatic heterocycles. The molecule has 0 aliphatic carbocycles. The minimum atomic E-state index is -3.35. The van der Waals surface area contributed by atoms with Gasteiger partial charge in [0.15, 0.2) is 9.84 Å². The molecule has 0 saturated carbocycles. The Kier molecular flexibility index (Phi) is 5.38. The van der Waals surface area contributed by atoms with Crippen LogP contribution in [0.4, 0.5) is 0 Å². The summed E-state index contributed by atoms with van der Waals surface area (Å²) in [6, 6.07) is 28.4. The Labute approximate surface area is 147 Å². The Hall–Kier alpha value is -2.04. The molecular formula is C20H18O2S2. The molecule has 0 aromatic heterocycles. The highest BCUT2D eigenvalue weighted by Crippen LogP contribution is 2.37. The van der Waals surface area contributed by atoms with Gasteiger partial charge >= 0.3 is 0 Å². The normalized spacial score (nSPS) is 12.7. The van der Waals surface area contributed by atoms with E-state index in [0.29, 0.717) is 4.90 Å². The molecule has 0 heterocycles. The van der Waals surface area contributed by atoms with Gasteiger partial charge in [-0.25, -0.2) is 8.42 Å². The van der Waals surface area contributed by atoms with Crippen molar-refractivity contribution in [3.8, 4) is 0 Å². The van der Waals surface area contributed by atoms with Crippen molar-refractivity contribution in [3.63, 3.8) is 0 Å². The second-order valence-electron chi connectivity index (χ2n) is 5.42. The molecule has 0 unspecified atom stereocenters. The zero-order chi connectivity index (χ0) is 16.8. The number of thioether (sulfide) groups is 1. The fraction of sp³-hybridized carbons (Fsp3) is 0.100. The van der Waals surface area contributed by atoms with Crippen LogP contribution in [0.1, 0.15) is 10.8 Å². The third-order valence-electron chi connectivity index (χ3n) is 3.67. The highest BCUT2D eigenvalue weighted by atomic mass is 32.2. The molecule has 2 nitrogen and oxygen atoms in total. The van der Waals surface area contributed by atoms with Crippen LogP contribution >= 0.6 is 11.8 Å². The zero-order valence-corrected chi connectivity index (χ0v) is 14.7. The summed E-state index contributed by atoms with van der Waals surface area (Å²) in [7, 11) is -3.35. The third-order valence-corrected chi connectivity index (χ3v) is 6.91. The van der Waals surface area contributed by atoms with E-state index in [4.69, 9.17) is 0 Å². The fourth-order valence-electron chi connectivity index (χ4n) is 2.45. The van der Waals surface area contributed by atoms with Crippen LogP contribution in [0, 0.1) is 0 Å². The minimum absolute atomic E-state index is 0.0700. The van der Waals surface area contributed by atoms with Gasteiger partial charge in [0.25, 0.3) is 0 Å². The topological polar surface area (TPSA) is 34.1 Å². The first-order chi connectivity index (χ1) is 11.6. The zero-order valence-electron chi connectivity index (χ0n) is 13.1. The third kappa shape index (κ3) is 4.28. The lowest BCUT2D eigenvalue weighted by Crippen LogP contribution is -2.13. The van der Waals surface area contributed by atoms with Crippen molar-refractivity contribution in [1.29, 1.82) is 0 Å². The molecule has 0 amide bonds. The molecule has 0 bridgehead atoms. The van der Waals surface area contributed by atoms with Gasteiger partial charge in [0.05, 0.1) is 10.6 Å². The van der Waals surface area contributed by atoms with Crippen LogP contribution in [0.5, 0.6) is 0 Å². The van der Waals surface area contributed by atoms with Crippen LogP contribution in [-0.2, 0) is 9.84 Å². The molecule has 0 aliphatic rings. The Morgan fingerprint density at radius 2 is 1.21 bits per heavy atom. The van der Waals surface area contributed by atoms with Gasteiger partial charge in [-0.15, -0.1) is 11.8 Å². The first kappa shape index (κ1) is 16.8. The van der Waals surface area contributed by atoms with Crippen LogP contribution < -0.4 is 0 Å². The fourth-order valence-corrected chi connectivity index (χ4v) is 5.55. The number of sulfone groups is 1. The van der Waals surface area contributed by atoms with Crippen molar-refractivity contribution in [2.24, 2.45) is 0 Å². The molecule has 0 spiro atoms. The second-order valence-corrected chi connectivity index (χ2v) is 8.74. The van der Waals surface area contributed by atoms with Crippen LogP contribution in [-0.4, -0.2) is 14.2 Å². The highest BCUT2D eigenvalue weighted by molar-refractivity contribution is 8.01. The number of hydrogen-bond donors (Lipinski definition) is 0. The summed E-state index contributed by atoms with van der Waals surface area (Å²) >= 11 is 1.58. The van der Waals surface area contributed by atoms with Gasteiger partial charge in [-0.1, -0.05) is 66.7 Å². The molecule has 0 N–H and O–H groups in total. The van der Waals surface area contributed by atoms with E-state index in [1.54, 1.807) is 36.0 Å². The molecular weight excluding hydrogens is 336 g/mol. The first-order valence-electron chi connectivity index (χ1n) is 7.69. The van der Waals surface area contributed by atoms with E-state index >= 15 is 0 Å². The Balaban J connectivity index is 1.91. The van der Waals surface area contributed by atoms with Gasteiger partial charge in [0.1, 0.15) is 0 Å². The van der Waals surface area contributed by atoms with Gasteiger partial charge in [-0.05, 0) is 29.8 Å². The number of rotatable bonds is 6. The first-order valence-corrected chi connectivity index (χ1v) is 10.2. The summed E-state index contributed by atoms with van der Waals surface area (Å²) in [6.45, 7) is 0. The summed E-state index contributed by atoms with van der Waals surface area (Å²) in [4.78, 5) is 1.44. The monoisotopic (exact) mass is 354 g/mol. The van der Waals surface area contributed by atoms with Gasteiger partial charge in [-0.3, -0.25) is 0 Å². The summed E-state index contributed by atoms with van der Waals surface area (Å²) < 4.78 is 25.6. The van der Waals surface area contributed by atoms with Crippen molar-refractivity contribution >= 4 is 21.6 Å². The van der Waals surface area contributed by atoms with Crippen molar-refractivity contribution in [2.45, 2.75) is 15.0 Å². The van der Waals surface area contributed by atoms with Gasteiger partial charge in [-0.2, -0.15) is 0 Å². The average molecular weight is 354 g/mol. The molecule has 3 rings (SSSR count). The van der Waals surface area contributed by atoms with Crippen LogP contribution in [0.25, 0.3) is 0 Å². The van der Waals surface area contributed by atoms with E-state index in [2.05, 4.69) is 0 Å². The molecule has 1 atom stereocenters. The highest BCUT2D eigenvalue weighted by Gasteiger charge is 2.23. The lowest BCUT2D eigenvalue weighted by molar-refractivity contribution is 0.595. The van der Waals surface area contributed by atoms with Crippen molar-refractivity contribution < 1.29 is 8.42 Å². The molecule has 0 saturated heterocycles. The predicted molar refractivity (Wildman–Crippen MR) is 100.0 cm³/mol. The van der Waals surface area contributed by atoms with Crippen molar-refractivity contribution in [2.75, 3.05) is 5.75 Å². The molecule has 0 fully saturated rings. The molecule has 4 heteroatoms. The van der Waals surface area contributed by atoms with E-state index in [1.165, 1.54) is 0 Å². The molecule has 24 heavy (non-hydrogen) atoms.